The van der Waals surface area contributed by atoms with Gasteiger partial charge in [-0.1, -0.05) is 32.0 Å². The highest BCUT2D eigenvalue weighted by Gasteiger charge is 2.36. The van der Waals surface area contributed by atoms with E-state index >= 15 is 0 Å². The largest absolute Gasteiger partial charge is 0.508 e. The number of phenolic OH excluding ortho intramolecular Hbond substituents is 1. The molecule has 0 bridgehead atoms. The summed E-state index contributed by atoms with van der Waals surface area (Å²) in [4.78, 5) is 0. The standard InChI is InChI=1S/C12H17O4P/c1-12(2)8-15-17(14,16-9-12)7-10-5-3-4-6-11(10)13/h3-6,13H,7-9H2,1-2H3. The van der Waals surface area contributed by atoms with Gasteiger partial charge in [-0.2, -0.15) is 0 Å². The summed E-state index contributed by atoms with van der Waals surface area (Å²) in [7, 11) is -3.10. The molecule has 1 fully saturated rings. The number of hydrogen-bond donors (Lipinski definition) is 1. The van der Waals surface area contributed by atoms with Crippen LogP contribution in [0.2, 0.25) is 0 Å². The van der Waals surface area contributed by atoms with Gasteiger partial charge in [0.2, 0.25) is 0 Å². The maximum atomic E-state index is 12.3. The minimum Gasteiger partial charge on any atom is -0.508 e. The van der Waals surface area contributed by atoms with Gasteiger partial charge in [0, 0.05) is 11.0 Å². The third-order valence-corrected chi connectivity index (χ3v) is 4.43. The molecule has 4 nitrogen and oxygen atoms in total. The Morgan fingerprint density at radius 1 is 1.29 bits per heavy atom. The summed E-state index contributed by atoms with van der Waals surface area (Å²) in [6.07, 6.45) is 0.121. The number of rotatable bonds is 2. The summed E-state index contributed by atoms with van der Waals surface area (Å²) in [5, 5.41) is 9.63. The Labute approximate surface area is 101 Å². The maximum absolute atomic E-state index is 12.3. The SMILES string of the molecule is CC1(C)COP(=O)(Cc2ccccc2O)OC1. The topological polar surface area (TPSA) is 55.8 Å². The summed E-state index contributed by atoms with van der Waals surface area (Å²) < 4.78 is 23.0. The lowest BCUT2D eigenvalue weighted by molar-refractivity contribution is 0.0408. The lowest BCUT2D eigenvalue weighted by Crippen LogP contribution is -2.29. The van der Waals surface area contributed by atoms with Gasteiger partial charge in [-0.15, -0.1) is 0 Å². The van der Waals surface area contributed by atoms with E-state index in [0.29, 0.717) is 18.8 Å². The van der Waals surface area contributed by atoms with Gasteiger partial charge in [-0.25, -0.2) is 0 Å². The molecule has 1 aliphatic heterocycles. The maximum Gasteiger partial charge on any atom is 0.335 e. The molecule has 94 valence electrons. The first-order valence-electron chi connectivity index (χ1n) is 5.55. The first kappa shape index (κ1) is 12.6. The molecule has 1 aromatic rings. The normalized spacial score (nSPS) is 22.2. The molecular weight excluding hydrogens is 239 g/mol. The van der Waals surface area contributed by atoms with E-state index in [1.165, 1.54) is 0 Å². The van der Waals surface area contributed by atoms with Crippen molar-refractivity contribution < 1.29 is 18.7 Å². The first-order chi connectivity index (χ1) is 7.90. The van der Waals surface area contributed by atoms with Crippen molar-refractivity contribution in [2.24, 2.45) is 5.41 Å². The number of benzene rings is 1. The first-order valence-corrected chi connectivity index (χ1v) is 7.28. The zero-order valence-corrected chi connectivity index (χ0v) is 10.9. The van der Waals surface area contributed by atoms with Crippen LogP contribution in [0.3, 0.4) is 0 Å². The molecular formula is C12H17O4P. The van der Waals surface area contributed by atoms with Crippen molar-refractivity contribution in [3.8, 4) is 5.75 Å². The predicted molar refractivity (Wildman–Crippen MR) is 65.1 cm³/mol. The molecule has 1 saturated heterocycles. The van der Waals surface area contributed by atoms with E-state index < -0.39 is 7.60 Å². The minimum absolute atomic E-state index is 0.105. The molecule has 0 atom stereocenters. The van der Waals surface area contributed by atoms with Crippen LogP contribution in [-0.4, -0.2) is 18.3 Å². The molecule has 1 aliphatic rings. The van der Waals surface area contributed by atoms with Gasteiger partial charge in [0.05, 0.1) is 19.4 Å². The molecule has 17 heavy (non-hydrogen) atoms. The Morgan fingerprint density at radius 2 is 1.88 bits per heavy atom. The summed E-state index contributed by atoms with van der Waals surface area (Å²) in [5.41, 5.74) is 0.489. The highest BCUT2D eigenvalue weighted by molar-refractivity contribution is 7.53. The highest BCUT2D eigenvalue weighted by Crippen LogP contribution is 2.56. The van der Waals surface area contributed by atoms with E-state index in [9.17, 15) is 9.67 Å². The highest BCUT2D eigenvalue weighted by atomic mass is 31.2. The van der Waals surface area contributed by atoms with Gasteiger partial charge < -0.3 is 14.2 Å². The molecule has 1 N–H and O–H groups in total. The monoisotopic (exact) mass is 256 g/mol. The van der Waals surface area contributed by atoms with Gasteiger partial charge in [-0.3, -0.25) is 4.57 Å². The lowest BCUT2D eigenvalue weighted by Gasteiger charge is -2.34. The fourth-order valence-corrected chi connectivity index (χ4v) is 3.60. The van der Waals surface area contributed by atoms with Crippen LogP contribution < -0.4 is 0 Å². The number of phenols is 1. The fourth-order valence-electron chi connectivity index (χ4n) is 1.57. The van der Waals surface area contributed by atoms with Crippen LogP contribution in [-0.2, 0) is 19.8 Å². The second-order valence-electron chi connectivity index (χ2n) is 5.11. The molecule has 0 saturated carbocycles. The minimum atomic E-state index is -3.10. The van der Waals surface area contributed by atoms with Crippen LogP contribution in [0.4, 0.5) is 0 Å². The molecule has 0 unspecified atom stereocenters. The Morgan fingerprint density at radius 3 is 2.47 bits per heavy atom. The Hall–Kier alpha value is -0.830. The molecule has 0 aliphatic carbocycles. The quantitative estimate of drug-likeness (QED) is 0.826. The van der Waals surface area contributed by atoms with Crippen LogP contribution in [0.5, 0.6) is 5.75 Å². The third-order valence-electron chi connectivity index (χ3n) is 2.66. The molecule has 0 amide bonds. The van der Waals surface area contributed by atoms with E-state index in [0.717, 1.165) is 0 Å². The van der Waals surface area contributed by atoms with E-state index in [-0.39, 0.29) is 17.3 Å². The van der Waals surface area contributed by atoms with E-state index in [4.69, 9.17) is 9.05 Å². The van der Waals surface area contributed by atoms with Crippen LogP contribution in [0.1, 0.15) is 19.4 Å². The van der Waals surface area contributed by atoms with Crippen molar-refractivity contribution in [1.29, 1.82) is 0 Å². The van der Waals surface area contributed by atoms with Crippen LogP contribution in [0.25, 0.3) is 0 Å². The zero-order valence-electron chi connectivity index (χ0n) is 10.0. The van der Waals surface area contributed by atoms with Crippen LogP contribution in [0.15, 0.2) is 24.3 Å². The third kappa shape index (κ3) is 3.09. The summed E-state index contributed by atoms with van der Waals surface area (Å²) in [5.74, 6) is 0.125. The number of aromatic hydroxyl groups is 1. The molecule has 5 heteroatoms. The molecule has 1 aromatic carbocycles. The smallest absolute Gasteiger partial charge is 0.335 e. The second kappa shape index (κ2) is 4.45. The molecule has 1 heterocycles. The summed E-state index contributed by atoms with van der Waals surface area (Å²) in [6, 6.07) is 6.80. The van der Waals surface area contributed by atoms with Crippen molar-refractivity contribution in [2.75, 3.05) is 13.2 Å². The number of para-hydroxylation sites is 1. The van der Waals surface area contributed by atoms with Gasteiger partial charge in [0.25, 0.3) is 0 Å². The molecule has 0 radical (unpaired) electrons. The average Bonchev–Trinajstić information content (AvgIpc) is 2.27. The number of hydrogen-bond acceptors (Lipinski definition) is 4. The van der Waals surface area contributed by atoms with Crippen molar-refractivity contribution in [3.63, 3.8) is 0 Å². The van der Waals surface area contributed by atoms with Gasteiger partial charge in [0.1, 0.15) is 5.75 Å². The van der Waals surface area contributed by atoms with Crippen LogP contribution >= 0.6 is 7.60 Å². The van der Waals surface area contributed by atoms with E-state index in [1.54, 1.807) is 24.3 Å². The van der Waals surface area contributed by atoms with Gasteiger partial charge >= 0.3 is 7.60 Å². The van der Waals surface area contributed by atoms with E-state index in [2.05, 4.69) is 0 Å². The zero-order chi connectivity index (χ0) is 12.5. The second-order valence-corrected chi connectivity index (χ2v) is 7.16. The molecule has 2 rings (SSSR count). The summed E-state index contributed by atoms with van der Waals surface area (Å²) >= 11 is 0. The lowest BCUT2D eigenvalue weighted by atomic mass is 9.97. The molecule has 0 aromatic heterocycles. The van der Waals surface area contributed by atoms with Gasteiger partial charge in [0.15, 0.2) is 0 Å². The Balaban J connectivity index is 2.10. The Kier molecular flexibility index (Phi) is 3.30. The van der Waals surface area contributed by atoms with Crippen molar-refractivity contribution in [2.45, 2.75) is 20.0 Å². The van der Waals surface area contributed by atoms with Crippen LogP contribution in [0, 0.1) is 5.41 Å². The van der Waals surface area contributed by atoms with E-state index in [1.807, 2.05) is 13.8 Å². The van der Waals surface area contributed by atoms with Crippen molar-refractivity contribution in [1.82, 2.24) is 0 Å². The van der Waals surface area contributed by atoms with Crippen molar-refractivity contribution >= 4 is 7.60 Å². The average molecular weight is 256 g/mol. The Bertz CT molecular complexity index is 442. The fraction of sp³-hybridized carbons (Fsp3) is 0.500. The van der Waals surface area contributed by atoms with Crippen molar-refractivity contribution in [3.05, 3.63) is 29.8 Å². The summed E-state index contributed by atoms with van der Waals surface area (Å²) in [6.45, 7) is 4.82. The predicted octanol–water partition coefficient (Wildman–Crippen LogP) is 3.16. The molecule has 0 spiro atoms. The van der Waals surface area contributed by atoms with Gasteiger partial charge in [-0.05, 0) is 6.07 Å².